The van der Waals surface area contributed by atoms with E-state index >= 15 is 0 Å². The molecule has 0 N–H and O–H groups in total. The van der Waals surface area contributed by atoms with E-state index in [-0.39, 0.29) is 6.23 Å². The quantitative estimate of drug-likeness (QED) is 0.580. The van der Waals surface area contributed by atoms with Gasteiger partial charge in [-0.25, -0.2) is 4.57 Å². The van der Waals surface area contributed by atoms with Gasteiger partial charge in [-0.15, -0.1) is 0 Å². The average Bonchev–Trinajstić information content (AvgIpc) is 2.94. The molecule has 1 aliphatic heterocycles. The molecule has 0 saturated heterocycles. The molecule has 1 aliphatic rings. The summed E-state index contributed by atoms with van der Waals surface area (Å²) in [5.74, 6) is 1.00. The number of benzene rings is 1. The zero-order valence-corrected chi connectivity index (χ0v) is 9.62. The molecule has 3 heteroatoms. The predicted octanol–water partition coefficient (Wildman–Crippen LogP) is 2.10. The van der Waals surface area contributed by atoms with Gasteiger partial charge in [0.25, 0.3) is 0 Å². The van der Waals surface area contributed by atoms with Gasteiger partial charge in [-0.1, -0.05) is 30.9 Å². The van der Waals surface area contributed by atoms with Crippen LogP contribution in [-0.2, 0) is 13.0 Å². The van der Waals surface area contributed by atoms with Crippen molar-refractivity contribution in [2.45, 2.75) is 19.2 Å². The molecule has 0 amide bonds. The first kappa shape index (κ1) is 10.1. The third-order valence-electron chi connectivity index (χ3n) is 3.01. The number of aromatic nitrogens is 2. The largest absolute Gasteiger partial charge is 0.451 e. The first-order valence-corrected chi connectivity index (χ1v) is 5.79. The summed E-state index contributed by atoms with van der Waals surface area (Å²) in [7, 11) is 0. The first-order valence-electron chi connectivity index (χ1n) is 5.79. The Labute approximate surface area is 101 Å². The summed E-state index contributed by atoms with van der Waals surface area (Å²) in [5.41, 5.74) is 1.28. The maximum atomic E-state index is 5.91. The van der Waals surface area contributed by atoms with E-state index in [4.69, 9.17) is 4.74 Å². The van der Waals surface area contributed by atoms with Crippen molar-refractivity contribution in [1.82, 2.24) is 4.57 Å². The molecule has 0 saturated carbocycles. The van der Waals surface area contributed by atoms with Gasteiger partial charge in [-0.05, 0) is 6.07 Å². The lowest BCUT2D eigenvalue weighted by molar-refractivity contribution is -0.686. The zero-order chi connectivity index (χ0) is 11.7. The van der Waals surface area contributed by atoms with Crippen LogP contribution in [-0.4, -0.2) is 4.57 Å². The van der Waals surface area contributed by atoms with Gasteiger partial charge in [0.2, 0.25) is 12.6 Å². The number of ether oxygens (including phenoxy) is 1. The average molecular weight is 227 g/mol. The lowest BCUT2D eigenvalue weighted by Crippen LogP contribution is -2.30. The smallest absolute Gasteiger partial charge is 0.247 e. The molecule has 2 aromatic rings. The maximum Gasteiger partial charge on any atom is 0.247 e. The summed E-state index contributed by atoms with van der Waals surface area (Å²) in [5, 5.41) is 0. The van der Waals surface area contributed by atoms with Gasteiger partial charge < -0.3 is 4.74 Å². The second-order valence-electron chi connectivity index (χ2n) is 4.23. The molecule has 0 radical (unpaired) electrons. The van der Waals surface area contributed by atoms with E-state index < -0.39 is 0 Å². The summed E-state index contributed by atoms with van der Waals surface area (Å²) in [4.78, 5) is 0. The number of fused-ring (bicyclic) bond motifs is 1. The van der Waals surface area contributed by atoms with Crippen molar-refractivity contribution in [2.24, 2.45) is 0 Å². The zero-order valence-electron chi connectivity index (χ0n) is 9.62. The van der Waals surface area contributed by atoms with E-state index in [1.807, 2.05) is 30.6 Å². The minimum absolute atomic E-state index is 0.0819. The number of hydrogen-bond acceptors (Lipinski definition) is 1. The molecule has 0 bridgehead atoms. The van der Waals surface area contributed by atoms with Gasteiger partial charge in [0, 0.05) is 5.56 Å². The van der Waals surface area contributed by atoms with Crippen LogP contribution in [0.5, 0.6) is 5.75 Å². The van der Waals surface area contributed by atoms with Crippen LogP contribution >= 0.6 is 0 Å². The normalized spacial score (nSPS) is 17.5. The summed E-state index contributed by atoms with van der Waals surface area (Å²) in [6, 6.07) is 8.21. The molecule has 3 nitrogen and oxygen atoms in total. The number of imidazole rings is 1. The molecule has 1 unspecified atom stereocenters. The van der Waals surface area contributed by atoms with E-state index in [1.54, 1.807) is 0 Å². The molecule has 86 valence electrons. The van der Waals surface area contributed by atoms with Gasteiger partial charge >= 0.3 is 0 Å². The Bertz CT molecular complexity index is 520. The van der Waals surface area contributed by atoms with Crippen LogP contribution in [0, 0.1) is 0 Å². The third-order valence-corrected chi connectivity index (χ3v) is 3.01. The van der Waals surface area contributed by atoms with E-state index in [0.717, 1.165) is 18.7 Å². The number of allylic oxidation sites excluding steroid dienone is 1. The minimum Gasteiger partial charge on any atom is -0.451 e. The fraction of sp³-hybridized carbons (Fsp3) is 0.214. The lowest BCUT2D eigenvalue weighted by atomic mass is 10.1. The highest BCUT2D eigenvalue weighted by Crippen LogP contribution is 2.32. The number of hydrogen-bond donors (Lipinski definition) is 0. The highest BCUT2D eigenvalue weighted by molar-refractivity contribution is 5.36. The van der Waals surface area contributed by atoms with Gasteiger partial charge in [-0.3, -0.25) is 0 Å². The van der Waals surface area contributed by atoms with E-state index in [0.29, 0.717) is 0 Å². The highest BCUT2D eigenvalue weighted by atomic mass is 16.5. The Hall–Kier alpha value is -2.03. The summed E-state index contributed by atoms with van der Waals surface area (Å²) < 4.78 is 10.1. The van der Waals surface area contributed by atoms with Crippen molar-refractivity contribution in [3.8, 4) is 5.75 Å². The van der Waals surface area contributed by atoms with Crippen LogP contribution in [0.2, 0.25) is 0 Å². The van der Waals surface area contributed by atoms with Crippen molar-refractivity contribution in [3.63, 3.8) is 0 Å². The molecule has 1 atom stereocenters. The Morgan fingerprint density at radius 3 is 3.18 bits per heavy atom. The monoisotopic (exact) mass is 227 g/mol. The van der Waals surface area contributed by atoms with Crippen LogP contribution in [0.15, 0.2) is 55.6 Å². The Morgan fingerprint density at radius 1 is 1.47 bits per heavy atom. The second kappa shape index (κ2) is 4.09. The fourth-order valence-corrected chi connectivity index (χ4v) is 2.17. The molecule has 2 heterocycles. The van der Waals surface area contributed by atoms with Crippen molar-refractivity contribution in [2.75, 3.05) is 0 Å². The number of nitrogens with zero attached hydrogens (tertiary/aromatic N) is 2. The standard InChI is InChI=1S/C14H15N2O/c1-2-7-15-8-9-16(11-15)14-10-12-5-3-4-6-13(12)17-14/h2-6,8-9,11,14H,1,7,10H2/q+1. The molecule has 0 aliphatic carbocycles. The number of rotatable bonds is 3. The summed E-state index contributed by atoms with van der Waals surface area (Å²) >= 11 is 0. The van der Waals surface area contributed by atoms with Crippen LogP contribution in [0.1, 0.15) is 11.8 Å². The van der Waals surface area contributed by atoms with Crippen molar-refractivity contribution in [3.05, 3.63) is 61.2 Å². The van der Waals surface area contributed by atoms with Crippen LogP contribution in [0.3, 0.4) is 0 Å². The molecule has 0 spiro atoms. The Kier molecular flexibility index (Phi) is 2.44. The molecule has 3 rings (SSSR count). The van der Waals surface area contributed by atoms with E-state index in [1.165, 1.54) is 5.56 Å². The highest BCUT2D eigenvalue weighted by Gasteiger charge is 2.27. The number of para-hydroxylation sites is 1. The van der Waals surface area contributed by atoms with Gasteiger partial charge in [-0.2, -0.15) is 4.57 Å². The first-order chi connectivity index (χ1) is 8.36. The van der Waals surface area contributed by atoms with Gasteiger partial charge in [0.05, 0.1) is 6.42 Å². The molecule has 1 aromatic heterocycles. The third kappa shape index (κ3) is 1.84. The summed E-state index contributed by atoms with van der Waals surface area (Å²) in [6.45, 7) is 4.56. The van der Waals surface area contributed by atoms with Crippen LogP contribution in [0.4, 0.5) is 0 Å². The second-order valence-corrected chi connectivity index (χ2v) is 4.23. The minimum atomic E-state index is 0.0819. The maximum absolute atomic E-state index is 5.91. The summed E-state index contributed by atoms with van der Waals surface area (Å²) in [6.07, 6.45) is 9.03. The van der Waals surface area contributed by atoms with Crippen LogP contribution < -0.4 is 9.30 Å². The lowest BCUT2D eigenvalue weighted by Gasteiger charge is -2.05. The molecule has 0 fully saturated rings. The van der Waals surface area contributed by atoms with E-state index in [2.05, 4.69) is 34.2 Å². The van der Waals surface area contributed by atoms with Crippen molar-refractivity contribution >= 4 is 0 Å². The Balaban J connectivity index is 1.81. The predicted molar refractivity (Wildman–Crippen MR) is 64.6 cm³/mol. The molecular weight excluding hydrogens is 212 g/mol. The van der Waals surface area contributed by atoms with Crippen molar-refractivity contribution in [1.29, 1.82) is 0 Å². The van der Waals surface area contributed by atoms with Gasteiger partial charge in [0.1, 0.15) is 24.7 Å². The topological polar surface area (TPSA) is 18.0 Å². The van der Waals surface area contributed by atoms with Gasteiger partial charge in [0.15, 0.2) is 0 Å². The van der Waals surface area contributed by atoms with Crippen LogP contribution in [0.25, 0.3) is 0 Å². The molecular formula is C14H15N2O+. The molecule has 17 heavy (non-hydrogen) atoms. The van der Waals surface area contributed by atoms with Crippen molar-refractivity contribution < 1.29 is 9.30 Å². The fourth-order valence-electron chi connectivity index (χ4n) is 2.17. The van der Waals surface area contributed by atoms with E-state index in [9.17, 15) is 0 Å². The molecule has 1 aromatic carbocycles. The SMILES string of the molecule is C=CC[n+]1ccn(C2Cc3ccccc3O2)c1. The Morgan fingerprint density at radius 2 is 2.35 bits per heavy atom.